The van der Waals surface area contributed by atoms with E-state index in [2.05, 4.69) is 10.3 Å². The van der Waals surface area contributed by atoms with Crippen molar-refractivity contribution in [2.75, 3.05) is 23.0 Å². The average Bonchev–Trinajstić information content (AvgIpc) is 2.60. The van der Waals surface area contributed by atoms with Crippen molar-refractivity contribution in [2.45, 2.75) is 32.5 Å². The number of halogens is 3. The number of nitrogen functional groups attached to an aromatic ring is 1. The predicted octanol–water partition coefficient (Wildman–Crippen LogP) is 2.61. The van der Waals surface area contributed by atoms with Gasteiger partial charge >= 0.3 is 17.9 Å². The number of anilines is 3. The summed E-state index contributed by atoms with van der Waals surface area (Å²) >= 11 is 0. The van der Waals surface area contributed by atoms with Crippen LogP contribution in [0.1, 0.15) is 25.3 Å². The smallest absolute Gasteiger partial charge is 0.383 e. The number of amides is 2. The molecule has 11 heteroatoms. The molecule has 0 saturated carbocycles. The van der Waals surface area contributed by atoms with E-state index in [4.69, 9.17) is 5.73 Å². The lowest BCUT2D eigenvalue weighted by atomic mass is 10.2. The zero-order valence-corrected chi connectivity index (χ0v) is 15.3. The largest absolute Gasteiger partial charge is 0.416 e. The van der Waals surface area contributed by atoms with E-state index in [0.717, 1.165) is 34.1 Å². The Hall–Kier alpha value is -3.24. The van der Waals surface area contributed by atoms with Crippen molar-refractivity contribution in [3.05, 3.63) is 50.7 Å². The summed E-state index contributed by atoms with van der Waals surface area (Å²) < 4.78 is 39.5. The van der Waals surface area contributed by atoms with Gasteiger partial charge in [-0.25, -0.2) is 9.59 Å². The first-order chi connectivity index (χ1) is 13.1. The summed E-state index contributed by atoms with van der Waals surface area (Å²) in [6.45, 7) is 2.15. The number of nitrogens with two attached hydrogens (primary N) is 1. The maximum absolute atomic E-state index is 12.8. The number of aromatic nitrogens is 2. The Morgan fingerprint density at radius 3 is 2.61 bits per heavy atom. The number of unbranched alkanes of at least 4 members (excludes halogenated alkanes) is 1. The van der Waals surface area contributed by atoms with Crippen LogP contribution in [-0.4, -0.2) is 22.6 Å². The normalized spacial score (nSPS) is 11.3. The number of rotatable bonds is 5. The molecule has 2 rings (SSSR count). The number of carbonyl (C=O) groups excluding carboxylic acids is 1. The fourth-order valence-electron chi connectivity index (χ4n) is 2.52. The molecule has 4 N–H and O–H groups in total. The quantitative estimate of drug-likeness (QED) is 0.717. The van der Waals surface area contributed by atoms with Gasteiger partial charge in [0.15, 0.2) is 5.69 Å². The zero-order valence-electron chi connectivity index (χ0n) is 15.3. The number of hydrogen-bond acceptors (Lipinski definition) is 4. The van der Waals surface area contributed by atoms with Gasteiger partial charge in [0, 0.05) is 19.3 Å². The number of nitrogens with one attached hydrogen (secondary N) is 2. The van der Waals surface area contributed by atoms with E-state index in [0.29, 0.717) is 6.42 Å². The summed E-state index contributed by atoms with van der Waals surface area (Å²) in [5.74, 6) is -0.205. The Labute approximate surface area is 157 Å². The summed E-state index contributed by atoms with van der Waals surface area (Å²) in [6, 6.07) is 3.16. The van der Waals surface area contributed by atoms with Crippen molar-refractivity contribution in [1.29, 1.82) is 0 Å². The van der Waals surface area contributed by atoms with Crippen LogP contribution in [0.25, 0.3) is 0 Å². The number of nitrogens with zero attached hydrogens (tertiary/aromatic N) is 2. The van der Waals surface area contributed by atoms with Crippen molar-refractivity contribution in [3.63, 3.8) is 0 Å². The summed E-state index contributed by atoms with van der Waals surface area (Å²) in [4.78, 5) is 39.4. The molecule has 0 atom stereocenters. The third kappa shape index (κ3) is 4.53. The second-order valence-corrected chi connectivity index (χ2v) is 6.07. The standard InChI is InChI=1S/C17H20F3N5O3/c1-3-4-8-25-13(21)12(14(26)23-16(25)28)24(2)15(27)22-11-7-5-6-10(9-11)17(18,19)20/h5-7,9H,3-4,8,21H2,1-2H3,(H,22,27)(H,23,26,28). The van der Waals surface area contributed by atoms with E-state index in [-0.39, 0.29) is 23.7 Å². The monoisotopic (exact) mass is 399 g/mol. The highest BCUT2D eigenvalue weighted by Gasteiger charge is 2.30. The van der Waals surface area contributed by atoms with Crippen molar-refractivity contribution < 1.29 is 18.0 Å². The number of hydrogen-bond donors (Lipinski definition) is 3. The van der Waals surface area contributed by atoms with Gasteiger partial charge in [-0.15, -0.1) is 0 Å². The van der Waals surface area contributed by atoms with E-state index < -0.39 is 29.0 Å². The van der Waals surface area contributed by atoms with Crippen LogP contribution in [0.5, 0.6) is 0 Å². The molecule has 0 aliphatic carbocycles. The lowest BCUT2D eigenvalue weighted by molar-refractivity contribution is -0.137. The molecular weight excluding hydrogens is 379 g/mol. The molecule has 2 aromatic rings. The molecule has 1 aromatic carbocycles. The van der Waals surface area contributed by atoms with Crippen LogP contribution >= 0.6 is 0 Å². The van der Waals surface area contributed by atoms with Crippen LogP contribution < -0.4 is 27.2 Å². The zero-order chi connectivity index (χ0) is 21.1. The fraction of sp³-hybridized carbons (Fsp3) is 0.353. The molecule has 0 fully saturated rings. The number of aromatic amines is 1. The van der Waals surface area contributed by atoms with E-state index in [1.807, 2.05) is 6.92 Å². The molecule has 0 radical (unpaired) electrons. The molecule has 0 bridgehead atoms. The molecule has 2 amide bonds. The summed E-state index contributed by atoms with van der Waals surface area (Å²) in [5, 5.41) is 2.28. The molecule has 0 unspecified atom stereocenters. The van der Waals surface area contributed by atoms with Crippen molar-refractivity contribution in [1.82, 2.24) is 9.55 Å². The van der Waals surface area contributed by atoms with Gasteiger partial charge in [0.2, 0.25) is 0 Å². The number of alkyl halides is 3. The molecule has 152 valence electrons. The molecule has 1 heterocycles. The second-order valence-electron chi connectivity index (χ2n) is 6.07. The Kier molecular flexibility index (Phi) is 6.16. The van der Waals surface area contributed by atoms with Gasteiger partial charge in [-0.1, -0.05) is 19.4 Å². The highest BCUT2D eigenvalue weighted by Crippen LogP contribution is 2.30. The van der Waals surface area contributed by atoms with E-state index in [9.17, 15) is 27.6 Å². The number of benzene rings is 1. The highest BCUT2D eigenvalue weighted by molar-refractivity contribution is 6.02. The van der Waals surface area contributed by atoms with E-state index in [1.54, 1.807) is 0 Å². The summed E-state index contributed by atoms with van der Waals surface area (Å²) in [5.41, 5.74) is 3.01. The minimum atomic E-state index is -4.57. The van der Waals surface area contributed by atoms with Crippen LogP contribution in [-0.2, 0) is 12.7 Å². The Bertz CT molecular complexity index is 981. The van der Waals surface area contributed by atoms with Crippen molar-refractivity contribution >= 4 is 23.2 Å². The van der Waals surface area contributed by atoms with Crippen LogP contribution in [0.2, 0.25) is 0 Å². The fourth-order valence-corrected chi connectivity index (χ4v) is 2.52. The first-order valence-electron chi connectivity index (χ1n) is 8.40. The topological polar surface area (TPSA) is 113 Å². The molecule has 28 heavy (non-hydrogen) atoms. The van der Waals surface area contributed by atoms with Gasteiger partial charge in [-0.05, 0) is 24.6 Å². The first kappa shape index (κ1) is 21.1. The second kappa shape index (κ2) is 8.19. The maximum atomic E-state index is 12.8. The highest BCUT2D eigenvalue weighted by atomic mass is 19.4. The number of carbonyl (C=O) groups is 1. The van der Waals surface area contributed by atoms with Gasteiger partial charge in [-0.3, -0.25) is 19.2 Å². The Morgan fingerprint density at radius 2 is 2.00 bits per heavy atom. The van der Waals surface area contributed by atoms with Crippen LogP contribution in [0.4, 0.5) is 35.2 Å². The summed E-state index contributed by atoms with van der Waals surface area (Å²) in [7, 11) is 1.22. The predicted molar refractivity (Wildman–Crippen MR) is 99.5 cm³/mol. The van der Waals surface area contributed by atoms with Crippen molar-refractivity contribution in [2.24, 2.45) is 0 Å². The lowest BCUT2D eigenvalue weighted by Crippen LogP contribution is -2.40. The molecule has 0 spiro atoms. The summed E-state index contributed by atoms with van der Waals surface area (Å²) in [6.07, 6.45) is -3.18. The van der Waals surface area contributed by atoms with Crippen LogP contribution in [0.3, 0.4) is 0 Å². The van der Waals surface area contributed by atoms with Gasteiger partial charge in [0.1, 0.15) is 5.82 Å². The van der Waals surface area contributed by atoms with Crippen LogP contribution in [0, 0.1) is 0 Å². The van der Waals surface area contributed by atoms with Crippen LogP contribution in [0.15, 0.2) is 33.9 Å². The minimum Gasteiger partial charge on any atom is -0.383 e. The first-order valence-corrected chi connectivity index (χ1v) is 8.40. The number of H-pyrrole nitrogens is 1. The van der Waals surface area contributed by atoms with E-state index in [1.165, 1.54) is 13.1 Å². The third-order valence-corrected chi connectivity index (χ3v) is 4.03. The molecule has 0 aliphatic heterocycles. The van der Waals surface area contributed by atoms with Gasteiger partial charge < -0.3 is 11.1 Å². The van der Waals surface area contributed by atoms with Crippen molar-refractivity contribution in [3.8, 4) is 0 Å². The molecule has 0 aliphatic rings. The maximum Gasteiger partial charge on any atom is 0.416 e. The van der Waals surface area contributed by atoms with Gasteiger partial charge in [0.05, 0.1) is 5.56 Å². The Balaban J connectivity index is 2.33. The lowest BCUT2D eigenvalue weighted by Gasteiger charge is -2.21. The van der Waals surface area contributed by atoms with E-state index >= 15 is 0 Å². The molecule has 0 saturated heterocycles. The molecule has 1 aromatic heterocycles. The number of urea groups is 1. The minimum absolute atomic E-state index is 0.110. The SMILES string of the molecule is CCCCn1c(N)c(N(C)C(=O)Nc2cccc(C(F)(F)F)c2)c(=O)[nH]c1=O. The van der Waals surface area contributed by atoms with Gasteiger partial charge in [-0.2, -0.15) is 13.2 Å². The van der Waals surface area contributed by atoms with Gasteiger partial charge in [0.25, 0.3) is 5.56 Å². The molecule has 8 nitrogen and oxygen atoms in total. The third-order valence-electron chi connectivity index (χ3n) is 4.03. The average molecular weight is 399 g/mol. The molecular formula is C17H20F3N5O3. The Morgan fingerprint density at radius 1 is 1.32 bits per heavy atom.